The fourth-order valence-corrected chi connectivity index (χ4v) is 1.97. The van der Waals surface area contributed by atoms with Crippen LogP contribution < -0.4 is 15.2 Å². The molecule has 0 bridgehead atoms. The molecule has 0 aromatic heterocycles. The van der Waals surface area contributed by atoms with Gasteiger partial charge in [-0.2, -0.15) is 5.26 Å². The van der Waals surface area contributed by atoms with Gasteiger partial charge in [0, 0.05) is 0 Å². The third-order valence-electron chi connectivity index (χ3n) is 3.63. The van der Waals surface area contributed by atoms with E-state index in [1.807, 2.05) is 12.1 Å². The van der Waals surface area contributed by atoms with E-state index in [0.717, 1.165) is 22.6 Å². The summed E-state index contributed by atoms with van der Waals surface area (Å²) < 4.78 is 9.98. The fourth-order valence-electron chi connectivity index (χ4n) is 1.97. The van der Waals surface area contributed by atoms with E-state index in [9.17, 15) is 4.79 Å². The van der Waals surface area contributed by atoms with E-state index in [1.165, 1.54) is 6.07 Å². The highest BCUT2D eigenvalue weighted by molar-refractivity contribution is 6.44. The van der Waals surface area contributed by atoms with Crippen molar-refractivity contribution in [3.63, 3.8) is 0 Å². The van der Waals surface area contributed by atoms with Crippen LogP contribution in [0.2, 0.25) is 0 Å². The molecule has 0 spiro atoms. The number of hydrogen-bond donors (Lipinski definition) is 1. The molecule has 168 valence electrons. The van der Waals surface area contributed by atoms with Gasteiger partial charge in [-0.25, -0.2) is 5.26 Å². The van der Waals surface area contributed by atoms with Gasteiger partial charge in [-0.3, -0.25) is 4.79 Å². The van der Waals surface area contributed by atoms with Gasteiger partial charge in [-0.1, -0.05) is 36.0 Å². The zero-order chi connectivity index (χ0) is 24.5. The Bertz CT molecular complexity index is 1070. The summed E-state index contributed by atoms with van der Waals surface area (Å²) >= 11 is 0. The molecule has 33 heavy (non-hydrogen) atoms. The minimum atomic E-state index is -0.915. The molecule has 2 N–H and O–H groups in total. The first-order valence-corrected chi connectivity index (χ1v) is 9.10. The first-order chi connectivity index (χ1) is 16.0. The van der Waals surface area contributed by atoms with Crippen LogP contribution in [0.25, 0.3) is 4.85 Å². The van der Waals surface area contributed by atoms with Crippen molar-refractivity contribution >= 4 is 17.5 Å². The number of nitrogens with two attached hydrogens (primary N) is 1. The van der Waals surface area contributed by atoms with E-state index in [-0.39, 0.29) is 19.0 Å². The smallest absolute Gasteiger partial charge is 0.392 e. The van der Waals surface area contributed by atoms with Crippen molar-refractivity contribution in [1.82, 2.24) is 0 Å². The third kappa shape index (κ3) is 9.98. The highest BCUT2D eigenvalue weighted by Crippen LogP contribution is 2.12. The number of carbonyl (C=O) groups excluding carboxylic acids is 1. The van der Waals surface area contributed by atoms with Crippen LogP contribution in [0.5, 0.6) is 11.5 Å². The Balaban J connectivity index is 0.000000331. The van der Waals surface area contributed by atoms with Crippen LogP contribution in [0.3, 0.4) is 0 Å². The zero-order valence-electron chi connectivity index (χ0n) is 17.9. The zero-order valence-corrected chi connectivity index (χ0v) is 17.9. The molecule has 0 aliphatic rings. The molecule has 1 amide bonds. The van der Waals surface area contributed by atoms with Crippen molar-refractivity contribution in [2.45, 2.75) is 13.2 Å². The minimum absolute atomic E-state index is 0.141. The van der Waals surface area contributed by atoms with Crippen LogP contribution in [-0.2, 0) is 27.7 Å². The molecule has 0 fully saturated rings. The van der Waals surface area contributed by atoms with E-state index < -0.39 is 11.6 Å². The molecule has 0 saturated carbocycles. The lowest BCUT2D eigenvalue weighted by Crippen LogP contribution is -2.21. The summed E-state index contributed by atoms with van der Waals surface area (Å²) in [5, 5.41) is 23.6. The Morgan fingerprint density at radius 3 is 1.70 bits per heavy atom. The lowest BCUT2D eigenvalue weighted by molar-refractivity contribution is -0.112. The number of nitriles is 2. The molecule has 11 nitrogen and oxygen atoms in total. The van der Waals surface area contributed by atoms with Crippen LogP contribution in [0.4, 0.5) is 0 Å². The molecule has 0 heterocycles. The van der Waals surface area contributed by atoms with Crippen molar-refractivity contribution in [2.24, 2.45) is 16.0 Å². The Morgan fingerprint density at radius 1 is 0.909 bits per heavy atom. The first kappa shape index (κ1) is 26.0. The summed E-state index contributed by atoms with van der Waals surface area (Å²) in [5.41, 5.74) is 6.13. The molecule has 11 heteroatoms. The maximum atomic E-state index is 10.6. The largest absolute Gasteiger partial charge is 0.497 e. The van der Waals surface area contributed by atoms with Gasteiger partial charge in [0.15, 0.2) is 6.61 Å². The Hall–Kier alpha value is -5.08. The highest BCUT2D eigenvalue weighted by atomic mass is 16.6. The van der Waals surface area contributed by atoms with E-state index in [1.54, 1.807) is 56.7 Å². The predicted octanol–water partition coefficient (Wildman–Crippen LogP) is 2.54. The number of amides is 1. The number of amidine groups is 1. The normalized spacial score (nSPS) is 10.3. The summed E-state index contributed by atoms with van der Waals surface area (Å²) in [6.45, 7) is 6.93. The predicted molar refractivity (Wildman–Crippen MR) is 117 cm³/mol. The molecule has 0 saturated heterocycles. The Kier molecular flexibility index (Phi) is 11.7. The van der Waals surface area contributed by atoms with Gasteiger partial charge in [0.05, 0.1) is 19.4 Å². The maximum Gasteiger partial charge on any atom is 0.392 e. The van der Waals surface area contributed by atoms with Crippen LogP contribution in [-0.4, -0.2) is 31.7 Å². The molecule has 2 aromatic carbocycles. The monoisotopic (exact) mass is 448 g/mol. The second kappa shape index (κ2) is 14.8. The molecule has 2 rings (SSSR count). The number of methoxy groups -OCH3 is 2. The number of rotatable bonds is 9. The second-order valence-electron chi connectivity index (χ2n) is 5.80. The van der Waals surface area contributed by atoms with Crippen molar-refractivity contribution in [3.05, 3.63) is 71.1 Å². The summed E-state index contributed by atoms with van der Waals surface area (Å²) in [5.74, 6) is 0.258. The topological polar surface area (TPSA) is 157 Å². The first-order valence-electron chi connectivity index (χ1n) is 9.10. The minimum Gasteiger partial charge on any atom is -0.497 e. The van der Waals surface area contributed by atoms with Gasteiger partial charge in [-0.05, 0) is 35.4 Å². The van der Waals surface area contributed by atoms with Gasteiger partial charge in [0.1, 0.15) is 30.2 Å². The number of carbonyl (C=O) groups is 1. The molecular weight excluding hydrogens is 428 g/mol. The number of nitrogens with zero attached hydrogens (tertiary/aromatic N) is 5. The van der Waals surface area contributed by atoms with Crippen molar-refractivity contribution < 1.29 is 23.9 Å². The van der Waals surface area contributed by atoms with Crippen LogP contribution >= 0.6 is 0 Å². The number of hydrogen-bond acceptors (Lipinski definition) is 9. The second-order valence-corrected chi connectivity index (χ2v) is 5.80. The standard InChI is InChI=1S/C11H11N3O3.C11H9N3O2/c1-16-9-4-2-8(3-5-9)7-17-14-10(6-12)11(13)15;1-13-11(7-12)14-16-8-9-3-5-10(15-2)6-4-9/h2-5H,7H2,1H3,(H2,13,15);3-6H,8H2,2H3/b;14-11-. The molecule has 0 aliphatic heterocycles. The third-order valence-corrected chi connectivity index (χ3v) is 3.63. The van der Waals surface area contributed by atoms with Crippen LogP contribution in [0.15, 0.2) is 58.8 Å². The van der Waals surface area contributed by atoms with Gasteiger partial charge >= 0.3 is 5.84 Å². The lowest BCUT2D eigenvalue weighted by Gasteiger charge is -2.02. The molecular formula is C22H20N6O5. The molecule has 2 aromatic rings. The van der Waals surface area contributed by atoms with Crippen LogP contribution in [0, 0.1) is 29.2 Å². The summed E-state index contributed by atoms with van der Waals surface area (Å²) in [6, 6.07) is 17.5. The van der Waals surface area contributed by atoms with Crippen molar-refractivity contribution in [2.75, 3.05) is 14.2 Å². The summed E-state index contributed by atoms with van der Waals surface area (Å²) in [7, 11) is 3.16. The van der Waals surface area contributed by atoms with Gasteiger partial charge < -0.3 is 29.7 Å². The fraction of sp³-hybridized carbons (Fsp3) is 0.182. The summed E-state index contributed by atoms with van der Waals surface area (Å²) in [6.07, 6.45) is 0. The average Bonchev–Trinajstić information content (AvgIpc) is 2.85. The molecule has 0 aliphatic carbocycles. The molecule has 0 atom stereocenters. The van der Waals surface area contributed by atoms with E-state index in [2.05, 4.69) is 15.2 Å². The summed E-state index contributed by atoms with van der Waals surface area (Å²) in [4.78, 5) is 23.2. The van der Waals surface area contributed by atoms with Gasteiger partial charge in [0.2, 0.25) is 5.71 Å². The quantitative estimate of drug-likeness (QED) is 0.267. The number of oxime groups is 2. The van der Waals surface area contributed by atoms with Crippen molar-refractivity contribution in [1.29, 1.82) is 10.5 Å². The van der Waals surface area contributed by atoms with Crippen LogP contribution in [0.1, 0.15) is 11.1 Å². The van der Waals surface area contributed by atoms with Gasteiger partial charge in [0.25, 0.3) is 5.91 Å². The van der Waals surface area contributed by atoms with E-state index in [4.69, 9.17) is 42.0 Å². The van der Waals surface area contributed by atoms with Gasteiger partial charge in [-0.15, -0.1) is 0 Å². The highest BCUT2D eigenvalue weighted by Gasteiger charge is 2.05. The average molecular weight is 448 g/mol. The van der Waals surface area contributed by atoms with E-state index >= 15 is 0 Å². The maximum absolute atomic E-state index is 10.6. The number of ether oxygens (including phenoxy) is 2. The number of primary amides is 1. The Morgan fingerprint density at radius 2 is 1.36 bits per heavy atom. The lowest BCUT2D eigenvalue weighted by atomic mass is 10.2. The van der Waals surface area contributed by atoms with E-state index in [0.29, 0.717) is 0 Å². The SMILES string of the molecule is COc1ccc(CON=C(C#N)C(N)=O)cc1.[C-]#[N+]/C(C#N)=N\OCc1ccc(OC)cc1. The number of benzene rings is 2. The van der Waals surface area contributed by atoms with Crippen molar-refractivity contribution in [3.8, 4) is 23.6 Å². The molecule has 0 unspecified atom stereocenters. The Labute approximate surface area is 190 Å². The molecule has 0 radical (unpaired) electrons.